The Morgan fingerprint density at radius 1 is 1.48 bits per heavy atom. The number of hydrogen-bond donors (Lipinski definition) is 2. The summed E-state index contributed by atoms with van der Waals surface area (Å²) in [5.74, 6) is 0.749. The van der Waals surface area contributed by atoms with Gasteiger partial charge in [0.15, 0.2) is 5.13 Å². The Hall–Kier alpha value is -1.70. The lowest BCUT2D eigenvalue weighted by Gasteiger charge is -2.28. The molecule has 0 atom stereocenters. The zero-order valence-corrected chi connectivity index (χ0v) is 13.9. The second-order valence-corrected chi connectivity index (χ2v) is 6.67. The molecule has 1 aliphatic heterocycles. The Balaban J connectivity index is 1.60. The molecule has 0 saturated carbocycles. The Bertz CT molecular complexity index is 680. The third kappa shape index (κ3) is 4.19. The summed E-state index contributed by atoms with van der Waals surface area (Å²) in [6.45, 7) is 4.42. The molecule has 2 heterocycles. The molecule has 7 heteroatoms. The van der Waals surface area contributed by atoms with Gasteiger partial charge in [0.25, 0.3) is 0 Å². The van der Waals surface area contributed by atoms with Crippen molar-refractivity contribution in [1.82, 2.24) is 9.88 Å². The van der Waals surface area contributed by atoms with Crippen LogP contribution in [0.2, 0.25) is 0 Å². The van der Waals surface area contributed by atoms with E-state index >= 15 is 0 Å². The molecule has 0 bridgehead atoms. The molecule has 2 aromatic rings. The van der Waals surface area contributed by atoms with Gasteiger partial charge in [0.1, 0.15) is 5.75 Å². The number of aliphatic hydroxyl groups excluding tert-OH is 1. The number of thiazole rings is 1. The summed E-state index contributed by atoms with van der Waals surface area (Å²) in [4.78, 5) is 18.6. The van der Waals surface area contributed by atoms with Crippen molar-refractivity contribution in [2.24, 2.45) is 0 Å². The third-order valence-electron chi connectivity index (χ3n) is 3.84. The number of rotatable bonds is 5. The Morgan fingerprint density at radius 2 is 2.26 bits per heavy atom. The second-order valence-electron chi connectivity index (χ2n) is 5.64. The van der Waals surface area contributed by atoms with Crippen LogP contribution in [-0.2, 0) is 4.79 Å². The van der Waals surface area contributed by atoms with E-state index in [-0.39, 0.29) is 12.0 Å². The normalized spacial score (nSPS) is 16.6. The molecule has 124 valence electrons. The van der Waals surface area contributed by atoms with Crippen LogP contribution < -0.4 is 10.1 Å². The van der Waals surface area contributed by atoms with Gasteiger partial charge in [-0.05, 0) is 38.0 Å². The highest BCUT2D eigenvalue weighted by Gasteiger charge is 2.19. The quantitative estimate of drug-likeness (QED) is 0.875. The number of hydrogen-bond acceptors (Lipinski definition) is 6. The smallest absolute Gasteiger partial charge is 0.240 e. The van der Waals surface area contributed by atoms with Gasteiger partial charge in [-0.15, -0.1) is 0 Å². The summed E-state index contributed by atoms with van der Waals surface area (Å²) in [6.07, 6.45) is 1.24. The first-order valence-electron chi connectivity index (χ1n) is 7.87. The van der Waals surface area contributed by atoms with Gasteiger partial charge in [0.05, 0.1) is 29.5 Å². The molecule has 3 rings (SSSR count). The number of aliphatic hydroxyl groups is 1. The molecule has 0 aliphatic carbocycles. The van der Waals surface area contributed by atoms with Crippen LogP contribution in [0.5, 0.6) is 5.75 Å². The third-order valence-corrected chi connectivity index (χ3v) is 4.78. The standard InChI is InChI=1S/C16H21N3O3S/c1-2-22-12-3-4-13-14(9-12)23-16(17-13)18-15(21)10-19-7-5-11(20)6-8-19/h3-4,9,11,20H,2,5-8,10H2,1H3,(H,17,18,21). The van der Waals surface area contributed by atoms with Crippen LogP contribution >= 0.6 is 11.3 Å². The summed E-state index contributed by atoms with van der Waals surface area (Å²) in [6, 6.07) is 5.73. The van der Waals surface area contributed by atoms with E-state index < -0.39 is 0 Å². The fourth-order valence-corrected chi connectivity index (χ4v) is 3.56. The van der Waals surface area contributed by atoms with Crippen molar-refractivity contribution in [3.63, 3.8) is 0 Å². The maximum atomic E-state index is 12.1. The molecule has 23 heavy (non-hydrogen) atoms. The minimum absolute atomic E-state index is 0.0644. The summed E-state index contributed by atoms with van der Waals surface area (Å²) in [7, 11) is 0. The molecule has 0 unspecified atom stereocenters. The van der Waals surface area contributed by atoms with Gasteiger partial charge in [0, 0.05) is 13.1 Å². The van der Waals surface area contributed by atoms with Crippen molar-refractivity contribution in [3.05, 3.63) is 18.2 Å². The minimum Gasteiger partial charge on any atom is -0.494 e. The number of carbonyl (C=O) groups excluding carboxylic acids is 1. The molecule has 1 fully saturated rings. The minimum atomic E-state index is -0.224. The van der Waals surface area contributed by atoms with Gasteiger partial charge in [-0.1, -0.05) is 11.3 Å². The van der Waals surface area contributed by atoms with Crippen LogP contribution in [0.15, 0.2) is 18.2 Å². The number of nitrogens with one attached hydrogen (secondary N) is 1. The van der Waals surface area contributed by atoms with Gasteiger partial charge >= 0.3 is 0 Å². The summed E-state index contributed by atoms with van der Waals surface area (Å²) in [5.41, 5.74) is 0.856. The van der Waals surface area contributed by atoms with Crippen molar-refractivity contribution in [3.8, 4) is 5.75 Å². The average Bonchev–Trinajstić information content (AvgIpc) is 2.91. The van der Waals surface area contributed by atoms with Gasteiger partial charge in [-0.25, -0.2) is 4.98 Å². The number of piperidine rings is 1. The highest BCUT2D eigenvalue weighted by molar-refractivity contribution is 7.22. The highest BCUT2D eigenvalue weighted by atomic mass is 32.1. The van der Waals surface area contributed by atoms with Crippen molar-refractivity contribution in [2.45, 2.75) is 25.9 Å². The van der Waals surface area contributed by atoms with Crippen LogP contribution in [-0.4, -0.2) is 53.2 Å². The number of nitrogens with zero attached hydrogens (tertiary/aromatic N) is 2. The predicted molar refractivity (Wildman–Crippen MR) is 91.1 cm³/mol. The SMILES string of the molecule is CCOc1ccc2nc(NC(=O)CN3CCC(O)CC3)sc2c1. The number of ether oxygens (including phenoxy) is 1. The number of aromatic nitrogens is 1. The summed E-state index contributed by atoms with van der Waals surface area (Å²) in [5, 5.41) is 13.0. The first kappa shape index (κ1) is 16.2. The Morgan fingerprint density at radius 3 is 3.00 bits per heavy atom. The maximum absolute atomic E-state index is 12.1. The molecule has 2 N–H and O–H groups in total. The molecule has 6 nitrogen and oxygen atoms in total. The molecule has 1 saturated heterocycles. The van der Waals surface area contributed by atoms with E-state index in [0.29, 0.717) is 18.3 Å². The molecule has 1 amide bonds. The van der Waals surface area contributed by atoms with E-state index in [0.717, 1.165) is 41.9 Å². The van der Waals surface area contributed by atoms with Gasteiger partial charge < -0.3 is 15.2 Å². The Kier molecular flexibility index (Phi) is 5.09. The second kappa shape index (κ2) is 7.25. The number of fused-ring (bicyclic) bond motifs is 1. The molecule has 0 spiro atoms. The lowest BCUT2D eigenvalue weighted by atomic mass is 10.1. The van der Waals surface area contributed by atoms with Crippen LogP contribution in [0, 0.1) is 0 Å². The zero-order chi connectivity index (χ0) is 16.2. The van der Waals surface area contributed by atoms with Crippen molar-refractivity contribution < 1.29 is 14.6 Å². The van der Waals surface area contributed by atoms with E-state index in [9.17, 15) is 9.90 Å². The molecular weight excluding hydrogens is 314 g/mol. The van der Waals surface area contributed by atoms with Crippen molar-refractivity contribution in [2.75, 3.05) is 31.6 Å². The van der Waals surface area contributed by atoms with Gasteiger partial charge in [-0.3, -0.25) is 9.69 Å². The van der Waals surface area contributed by atoms with Crippen LogP contribution in [0.4, 0.5) is 5.13 Å². The molecule has 1 aliphatic rings. The topological polar surface area (TPSA) is 74.7 Å². The van der Waals surface area contributed by atoms with E-state index in [4.69, 9.17) is 4.74 Å². The van der Waals surface area contributed by atoms with E-state index in [1.807, 2.05) is 25.1 Å². The molecule has 0 radical (unpaired) electrons. The van der Waals surface area contributed by atoms with Crippen LogP contribution in [0.3, 0.4) is 0 Å². The van der Waals surface area contributed by atoms with Gasteiger partial charge in [0.2, 0.25) is 5.91 Å². The number of likely N-dealkylation sites (tertiary alicyclic amines) is 1. The monoisotopic (exact) mass is 335 g/mol. The molecule has 1 aromatic heterocycles. The lowest BCUT2D eigenvalue weighted by molar-refractivity contribution is -0.117. The first-order valence-corrected chi connectivity index (χ1v) is 8.69. The average molecular weight is 335 g/mol. The first-order chi connectivity index (χ1) is 11.1. The lowest BCUT2D eigenvalue weighted by Crippen LogP contribution is -2.40. The fraction of sp³-hybridized carbons (Fsp3) is 0.500. The number of carbonyl (C=O) groups is 1. The largest absolute Gasteiger partial charge is 0.494 e. The van der Waals surface area contributed by atoms with Crippen molar-refractivity contribution in [1.29, 1.82) is 0 Å². The number of benzene rings is 1. The van der Waals surface area contributed by atoms with E-state index in [1.165, 1.54) is 11.3 Å². The maximum Gasteiger partial charge on any atom is 0.240 e. The molecule has 1 aromatic carbocycles. The zero-order valence-electron chi connectivity index (χ0n) is 13.1. The molecular formula is C16H21N3O3S. The van der Waals surface area contributed by atoms with E-state index in [1.54, 1.807) is 0 Å². The van der Waals surface area contributed by atoms with Crippen LogP contribution in [0.1, 0.15) is 19.8 Å². The highest BCUT2D eigenvalue weighted by Crippen LogP contribution is 2.29. The summed E-state index contributed by atoms with van der Waals surface area (Å²) >= 11 is 1.45. The summed E-state index contributed by atoms with van der Waals surface area (Å²) < 4.78 is 6.47. The van der Waals surface area contributed by atoms with Crippen molar-refractivity contribution >= 4 is 32.6 Å². The van der Waals surface area contributed by atoms with Gasteiger partial charge in [-0.2, -0.15) is 0 Å². The van der Waals surface area contributed by atoms with E-state index in [2.05, 4.69) is 15.2 Å². The number of amides is 1. The Labute approximate surface area is 139 Å². The predicted octanol–water partition coefficient (Wildman–Crippen LogP) is 2.09. The number of anilines is 1. The van der Waals surface area contributed by atoms with Crippen LogP contribution in [0.25, 0.3) is 10.2 Å². The fourth-order valence-electron chi connectivity index (χ4n) is 2.65.